The van der Waals surface area contributed by atoms with Gasteiger partial charge in [0.15, 0.2) is 0 Å². The monoisotopic (exact) mass is 284 g/mol. The number of rotatable bonds is 4. The van der Waals surface area contributed by atoms with Crippen LogP contribution < -0.4 is 10.5 Å². The molecule has 0 spiro atoms. The van der Waals surface area contributed by atoms with E-state index in [2.05, 4.69) is 16.7 Å². The molecule has 1 amide bonds. The Labute approximate surface area is 123 Å². The summed E-state index contributed by atoms with van der Waals surface area (Å²) < 4.78 is 14.6. The van der Waals surface area contributed by atoms with Gasteiger partial charge in [-0.2, -0.15) is 5.10 Å². The number of hydrogen-bond donors (Lipinski definition) is 0. The maximum atomic E-state index is 13.2. The van der Waals surface area contributed by atoms with Gasteiger partial charge < -0.3 is 4.90 Å². The minimum atomic E-state index is -0.479. The van der Waals surface area contributed by atoms with E-state index < -0.39 is 5.82 Å². The van der Waals surface area contributed by atoms with Gasteiger partial charge in [-0.25, -0.2) is 9.07 Å². The molecule has 2 aromatic heterocycles. The molecule has 0 saturated heterocycles. The standard InChI is InChI=1S/C14H14BFN4O/c1-4-9(2)14(21)19(3)12-8-20(18-13(12)15)11-5-10(16)6-17-7-11/h4-9H,1H2,2-3H3. The molecule has 2 heterocycles. The fourth-order valence-electron chi connectivity index (χ4n) is 1.82. The third kappa shape index (κ3) is 3.02. The summed E-state index contributed by atoms with van der Waals surface area (Å²) in [5, 5.41) is 4.08. The minimum Gasteiger partial charge on any atom is -0.313 e. The fourth-order valence-corrected chi connectivity index (χ4v) is 1.82. The van der Waals surface area contributed by atoms with Crippen LogP contribution in [-0.2, 0) is 4.79 Å². The summed E-state index contributed by atoms with van der Waals surface area (Å²) in [6, 6.07) is 1.28. The predicted molar refractivity (Wildman–Crippen MR) is 79.5 cm³/mol. The lowest BCUT2D eigenvalue weighted by Gasteiger charge is -2.18. The minimum absolute atomic E-state index is 0.159. The van der Waals surface area contributed by atoms with E-state index in [1.807, 2.05) is 0 Å². The van der Waals surface area contributed by atoms with Crippen LogP contribution in [0.3, 0.4) is 0 Å². The molecule has 0 bridgehead atoms. The number of hydrogen-bond acceptors (Lipinski definition) is 3. The van der Waals surface area contributed by atoms with Crippen LogP contribution in [0, 0.1) is 11.7 Å². The van der Waals surface area contributed by atoms with Crippen LogP contribution in [0.25, 0.3) is 5.69 Å². The van der Waals surface area contributed by atoms with Gasteiger partial charge in [0, 0.05) is 18.7 Å². The molecule has 2 rings (SSSR count). The largest absolute Gasteiger partial charge is 0.313 e. The molecular formula is C14H14BFN4O. The molecule has 0 aliphatic carbocycles. The Morgan fingerprint density at radius 1 is 1.57 bits per heavy atom. The van der Waals surface area contributed by atoms with E-state index >= 15 is 0 Å². The number of carbonyl (C=O) groups excluding carboxylic acids is 1. The van der Waals surface area contributed by atoms with Crippen molar-refractivity contribution in [3.63, 3.8) is 0 Å². The van der Waals surface area contributed by atoms with Gasteiger partial charge in [-0.3, -0.25) is 9.78 Å². The second-order valence-corrected chi connectivity index (χ2v) is 4.63. The van der Waals surface area contributed by atoms with Crippen LogP contribution in [0.15, 0.2) is 37.3 Å². The number of pyridine rings is 1. The second kappa shape index (κ2) is 5.91. The number of halogens is 1. The van der Waals surface area contributed by atoms with E-state index in [0.717, 1.165) is 6.20 Å². The van der Waals surface area contributed by atoms with Gasteiger partial charge in [0.05, 0.1) is 35.9 Å². The Bertz CT molecular complexity index is 685. The van der Waals surface area contributed by atoms with Crippen LogP contribution >= 0.6 is 0 Å². The normalized spacial score (nSPS) is 12.0. The molecule has 0 N–H and O–H groups in total. The van der Waals surface area contributed by atoms with E-state index in [1.54, 1.807) is 26.2 Å². The van der Waals surface area contributed by atoms with Gasteiger partial charge in [-0.15, -0.1) is 6.58 Å². The van der Waals surface area contributed by atoms with Crippen LogP contribution in [0.1, 0.15) is 6.92 Å². The molecule has 21 heavy (non-hydrogen) atoms. The zero-order valence-electron chi connectivity index (χ0n) is 11.8. The number of aromatic nitrogens is 3. The highest BCUT2D eigenvalue weighted by Gasteiger charge is 2.19. The Morgan fingerprint density at radius 2 is 2.29 bits per heavy atom. The van der Waals surface area contributed by atoms with Gasteiger partial charge in [0.1, 0.15) is 13.7 Å². The molecule has 2 radical (unpaired) electrons. The summed E-state index contributed by atoms with van der Waals surface area (Å²) in [6.45, 7) is 5.33. The Morgan fingerprint density at radius 3 is 2.90 bits per heavy atom. The lowest BCUT2D eigenvalue weighted by Crippen LogP contribution is -2.33. The SMILES string of the molecule is [B]c1nn(-c2cncc(F)c2)cc1N(C)C(=O)C(C)C=C. The first-order chi connectivity index (χ1) is 9.93. The third-order valence-corrected chi connectivity index (χ3v) is 3.11. The van der Waals surface area contributed by atoms with E-state index in [9.17, 15) is 9.18 Å². The van der Waals surface area contributed by atoms with E-state index in [-0.39, 0.29) is 17.4 Å². The molecule has 0 fully saturated rings. The number of nitrogens with zero attached hydrogens (tertiary/aromatic N) is 4. The summed E-state index contributed by atoms with van der Waals surface area (Å²) in [5.74, 6) is -0.977. The number of carbonyl (C=O) groups is 1. The predicted octanol–water partition coefficient (Wildman–Crippen LogP) is 0.985. The second-order valence-electron chi connectivity index (χ2n) is 4.63. The highest BCUT2D eigenvalue weighted by atomic mass is 19.1. The molecule has 0 aromatic carbocycles. The first-order valence-corrected chi connectivity index (χ1v) is 6.30. The zero-order chi connectivity index (χ0) is 15.6. The smallest absolute Gasteiger partial charge is 0.233 e. The summed E-state index contributed by atoms with van der Waals surface area (Å²) >= 11 is 0. The maximum Gasteiger partial charge on any atom is 0.233 e. The molecule has 106 valence electrons. The van der Waals surface area contributed by atoms with Crippen molar-refractivity contribution >= 4 is 25.0 Å². The van der Waals surface area contributed by atoms with Crippen LogP contribution in [0.4, 0.5) is 10.1 Å². The summed E-state index contributed by atoms with van der Waals surface area (Å²) in [6.07, 6.45) is 5.65. The summed E-state index contributed by atoms with van der Waals surface area (Å²) in [7, 11) is 7.43. The fraction of sp³-hybridized carbons (Fsp3) is 0.214. The van der Waals surface area contributed by atoms with Crippen molar-refractivity contribution in [1.82, 2.24) is 14.8 Å². The van der Waals surface area contributed by atoms with Crippen molar-refractivity contribution in [2.75, 3.05) is 11.9 Å². The molecule has 0 saturated carbocycles. The average Bonchev–Trinajstić information content (AvgIpc) is 2.87. The van der Waals surface area contributed by atoms with Gasteiger partial charge in [-0.1, -0.05) is 13.0 Å². The first-order valence-electron chi connectivity index (χ1n) is 6.30. The van der Waals surface area contributed by atoms with Crippen molar-refractivity contribution in [2.24, 2.45) is 5.92 Å². The van der Waals surface area contributed by atoms with Gasteiger partial charge in [0.2, 0.25) is 5.91 Å². The van der Waals surface area contributed by atoms with Crippen molar-refractivity contribution in [3.8, 4) is 5.69 Å². The summed E-state index contributed by atoms with van der Waals surface area (Å²) in [4.78, 5) is 17.3. The Balaban J connectivity index is 2.35. The third-order valence-electron chi connectivity index (χ3n) is 3.11. The molecule has 5 nitrogen and oxygen atoms in total. The molecule has 1 unspecified atom stereocenters. The van der Waals surface area contributed by atoms with Gasteiger partial charge in [0.25, 0.3) is 0 Å². The zero-order valence-corrected chi connectivity index (χ0v) is 11.8. The maximum absolute atomic E-state index is 13.2. The number of amides is 1. The highest BCUT2D eigenvalue weighted by molar-refractivity contribution is 6.34. The van der Waals surface area contributed by atoms with Crippen molar-refractivity contribution in [3.05, 3.63) is 43.1 Å². The number of anilines is 1. The van der Waals surface area contributed by atoms with Crippen molar-refractivity contribution in [1.29, 1.82) is 0 Å². The van der Waals surface area contributed by atoms with E-state index in [1.165, 1.54) is 21.8 Å². The molecule has 0 aliphatic heterocycles. The van der Waals surface area contributed by atoms with Crippen LogP contribution in [0.2, 0.25) is 0 Å². The lowest BCUT2D eigenvalue weighted by molar-refractivity contribution is -0.120. The van der Waals surface area contributed by atoms with Crippen LogP contribution in [0.5, 0.6) is 0 Å². The van der Waals surface area contributed by atoms with E-state index in [4.69, 9.17) is 7.85 Å². The quantitative estimate of drug-likeness (QED) is 0.621. The molecule has 2 aromatic rings. The average molecular weight is 284 g/mol. The van der Waals surface area contributed by atoms with E-state index in [0.29, 0.717) is 11.4 Å². The highest BCUT2D eigenvalue weighted by Crippen LogP contribution is 2.15. The Hall–Kier alpha value is -2.44. The van der Waals surface area contributed by atoms with Gasteiger partial charge in [-0.05, 0) is 0 Å². The molecule has 7 heteroatoms. The topological polar surface area (TPSA) is 51.0 Å². The van der Waals surface area contributed by atoms with Crippen molar-refractivity contribution < 1.29 is 9.18 Å². The first kappa shape index (κ1) is 15.0. The molecular weight excluding hydrogens is 270 g/mol. The van der Waals surface area contributed by atoms with Crippen LogP contribution in [-0.4, -0.2) is 35.6 Å². The van der Waals surface area contributed by atoms with Crippen molar-refractivity contribution in [2.45, 2.75) is 6.92 Å². The Kier molecular flexibility index (Phi) is 4.21. The molecule has 0 aliphatic rings. The van der Waals surface area contributed by atoms with Gasteiger partial charge >= 0.3 is 0 Å². The molecule has 1 atom stereocenters. The lowest BCUT2D eigenvalue weighted by atomic mass is 10.0. The summed E-state index contributed by atoms with van der Waals surface area (Å²) in [5.41, 5.74) is 1.04.